The summed E-state index contributed by atoms with van der Waals surface area (Å²) >= 11 is 6.22. The fourth-order valence-electron chi connectivity index (χ4n) is 1.04. The van der Waals surface area contributed by atoms with Gasteiger partial charge in [0.15, 0.2) is 0 Å². The van der Waals surface area contributed by atoms with Crippen molar-refractivity contribution in [3.8, 4) is 0 Å². The second kappa shape index (κ2) is 4.12. The van der Waals surface area contributed by atoms with E-state index in [1.165, 1.54) is 11.3 Å². The maximum atomic E-state index is 4.51. The molecule has 0 saturated heterocycles. The molecule has 0 N–H and O–H groups in total. The van der Waals surface area contributed by atoms with Crippen LogP contribution in [0.5, 0.6) is 0 Å². The summed E-state index contributed by atoms with van der Waals surface area (Å²) < 4.78 is 0. The molecule has 11 heavy (non-hydrogen) atoms. The molecule has 0 fully saturated rings. The van der Waals surface area contributed by atoms with Crippen molar-refractivity contribution >= 4 is 24.0 Å². The molecule has 0 aromatic carbocycles. The number of hydrogen-bond acceptors (Lipinski definition) is 3. The highest BCUT2D eigenvalue weighted by Crippen LogP contribution is 2.30. The van der Waals surface area contributed by atoms with Gasteiger partial charge in [0.2, 0.25) is 0 Å². The molecule has 1 atom stereocenters. The van der Waals surface area contributed by atoms with E-state index in [9.17, 15) is 0 Å². The molecule has 0 aliphatic heterocycles. The van der Waals surface area contributed by atoms with Crippen LogP contribution >= 0.6 is 24.0 Å². The van der Waals surface area contributed by atoms with Crippen molar-refractivity contribution in [2.45, 2.75) is 31.9 Å². The molecule has 0 aliphatic carbocycles. The molecule has 0 saturated carbocycles. The summed E-state index contributed by atoms with van der Waals surface area (Å²) in [6.45, 7) is 4.23. The highest BCUT2D eigenvalue weighted by molar-refractivity contribution is 7.80. The summed E-state index contributed by atoms with van der Waals surface area (Å²) in [4.78, 5) is 5.52. The Morgan fingerprint density at radius 1 is 1.73 bits per heavy atom. The third kappa shape index (κ3) is 2.20. The molecule has 0 radical (unpaired) electrons. The number of thiol groups is 1. The van der Waals surface area contributed by atoms with Crippen LogP contribution in [-0.4, -0.2) is 4.98 Å². The maximum Gasteiger partial charge on any atom is 0.0797 e. The van der Waals surface area contributed by atoms with E-state index in [-0.39, 0.29) is 0 Å². The van der Waals surface area contributed by atoms with Gasteiger partial charge in [0, 0.05) is 10.1 Å². The smallest absolute Gasteiger partial charge is 0.0797 e. The summed E-state index contributed by atoms with van der Waals surface area (Å²) in [6, 6.07) is 0. The highest BCUT2D eigenvalue weighted by Gasteiger charge is 2.09. The minimum absolute atomic E-state index is 0.396. The Morgan fingerprint density at radius 2 is 2.45 bits per heavy atom. The largest absolute Gasteiger partial charge is 0.250 e. The van der Waals surface area contributed by atoms with E-state index >= 15 is 0 Å². The molecular formula is C8H13NS2. The first-order valence-corrected chi connectivity index (χ1v) is 5.23. The summed E-state index contributed by atoms with van der Waals surface area (Å²) in [7, 11) is 0. The zero-order valence-corrected chi connectivity index (χ0v) is 8.58. The number of nitrogens with zero attached hydrogens (tertiary/aromatic N) is 1. The van der Waals surface area contributed by atoms with Crippen molar-refractivity contribution in [2.75, 3.05) is 0 Å². The summed E-state index contributed by atoms with van der Waals surface area (Å²) in [6.07, 6.45) is 2.33. The van der Waals surface area contributed by atoms with E-state index in [1.807, 2.05) is 12.4 Å². The quantitative estimate of drug-likeness (QED) is 0.717. The van der Waals surface area contributed by atoms with E-state index in [4.69, 9.17) is 0 Å². The van der Waals surface area contributed by atoms with Crippen LogP contribution in [0.1, 0.15) is 35.6 Å². The first-order valence-electron chi connectivity index (χ1n) is 3.83. The molecule has 1 rings (SSSR count). The molecule has 0 amide bonds. The van der Waals surface area contributed by atoms with Crippen molar-refractivity contribution in [1.82, 2.24) is 4.98 Å². The zero-order valence-electron chi connectivity index (χ0n) is 6.87. The van der Waals surface area contributed by atoms with Crippen LogP contribution in [0.15, 0.2) is 5.51 Å². The molecule has 1 unspecified atom stereocenters. The normalized spacial score (nSPS) is 13.4. The van der Waals surface area contributed by atoms with E-state index in [2.05, 4.69) is 24.5 Å². The van der Waals surface area contributed by atoms with Gasteiger partial charge in [-0.25, -0.2) is 4.98 Å². The minimum Gasteiger partial charge on any atom is -0.250 e. The highest BCUT2D eigenvalue weighted by atomic mass is 32.1. The lowest BCUT2D eigenvalue weighted by molar-refractivity contribution is 0.786. The first-order chi connectivity index (χ1) is 5.25. The SMILES string of the molecule is CCCC(S)c1scnc1C. The van der Waals surface area contributed by atoms with Crippen LogP contribution in [0, 0.1) is 6.92 Å². The molecule has 0 bridgehead atoms. The van der Waals surface area contributed by atoms with Crippen LogP contribution in [0.25, 0.3) is 0 Å². The standard InChI is InChI=1S/C8H13NS2/c1-3-4-7(10)8-6(2)9-5-11-8/h5,7,10H,3-4H2,1-2H3. The number of hydrogen-bond donors (Lipinski definition) is 1. The average Bonchev–Trinajstić information content (AvgIpc) is 2.36. The molecule has 1 nitrogen and oxygen atoms in total. The van der Waals surface area contributed by atoms with Gasteiger partial charge < -0.3 is 0 Å². The average molecular weight is 187 g/mol. The molecule has 1 aromatic rings. The van der Waals surface area contributed by atoms with Gasteiger partial charge in [0.05, 0.1) is 11.2 Å². The van der Waals surface area contributed by atoms with Crippen molar-refractivity contribution in [2.24, 2.45) is 0 Å². The van der Waals surface area contributed by atoms with Gasteiger partial charge in [0.25, 0.3) is 0 Å². The molecule has 1 aromatic heterocycles. The predicted molar refractivity (Wildman–Crippen MR) is 53.5 cm³/mol. The van der Waals surface area contributed by atoms with Crippen molar-refractivity contribution in [1.29, 1.82) is 0 Å². The van der Waals surface area contributed by atoms with Crippen molar-refractivity contribution in [3.63, 3.8) is 0 Å². The Bertz CT molecular complexity index is 220. The Kier molecular flexibility index (Phi) is 3.40. The van der Waals surface area contributed by atoms with Gasteiger partial charge in [-0.3, -0.25) is 0 Å². The zero-order chi connectivity index (χ0) is 8.27. The first kappa shape index (κ1) is 9.07. The number of aryl methyl sites for hydroxylation is 1. The Hall–Kier alpha value is -0.0200. The van der Waals surface area contributed by atoms with Gasteiger partial charge >= 0.3 is 0 Å². The van der Waals surface area contributed by atoms with Crippen LogP contribution in [0.3, 0.4) is 0 Å². The van der Waals surface area contributed by atoms with E-state index in [0.717, 1.165) is 12.1 Å². The van der Waals surface area contributed by atoms with Gasteiger partial charge in [0.1, 0.15) is 0 Å². The molecule has 0 aliphatic rings. The molecule has 3 heteroatoms. The predicted octanol–water partition coefficient (Wildman–Crippen LogP) is 3.22. The van der Waals surface area contributed by atoms with Gasteiger partial charge in [-0.15, -0.1) is 11.3 Å². The number of aromatic nitrogens is 1. The van der Waals surface area contributed by atoms with Crippen LogP contribution in [0.2, 0.25) is 0 Å². The lowest BCUT2D eigenvalue weighted by Crippen LogP contribution is -1.88. The minimum atomic E-state index is 0.396. The topological polar surface area (TPSA) is 12.9 Å². The molecule has 0 spiro atoms. The third-order valence-electron chi connectivity index (χ3n) is 1.65. The fraction of sp³-hybridized carbons (Fsp3) is 0.625. The summed E-state index contributed by atoms with van der Waals surface area (Å²) in [5, 5.41) is 0.396. The van der Waals surface area contributed by atoms with Gasteiger partial charge in [-0.1, -0.05) is 13.3 Å². The number of rotatable bonds is 3. The van der Waals surface area contributed by atoms with Crippen LogP contribution < -0.4 is 0 Å². The van der Waals surface area contributed by atoms with Crippen LogP contribution in [-0.2, 0) is 0 Å². The van der Waals surface area contributed by atoms with E-state index in [1.54, 1.807) is 11.3 Å². The third-order valence-corrected chi connectivity index (χ3v) is 3.38. The van der Waals surface area contributed by atoms with Crippen molar-refractivity contribution in [3.05, 3.63) is 16.1 Å². The Balaban J connectivity index is 2.67. The lowest BCUT2D eigenvalue weighted by Gasteiger charge is -2.06. The molecule has 62 valence electrons. The van der Waals surface area contributed by atoms with Gasteiger partial charge in [-0.2, -0.15) is 12.6 Å². The lowest BCUT2D eigenvalue weighted by atomic mass is 10.2. The van der Waals surface area contributed by atoms with E-state index in [0.29, 0.717) is 5.25 Å². The second-order valence-electron chi connectivity index (χ2n) is 2.61. The van der Waals surface area contributed by atoms with E-state index < -0.39 is 0 Å². The van der Waals surface area contributed by atoms with Gasteiger partial charge in [-0.05, 0) is 13.3 Å². The monoisotopic (exact) mass is 187 g/mol. The fourth-order valence-corrected chi connectivity index (χ4v) is 2.49. The maximum absolute atomic E-state index is 4.51. The molecular weight excluding hydrogens is 174 g/mol. The van der Waals surface area contributed by atoms with Crippen LogP contribution in [0.4, 0.5) is 0 Å². The number of thiazole rings is 1. The van der Waals surface area contributed by atoms with Crippen molar-refractivity contribution < 1.29 is 0 Å². The Morgan fingerprint density at radius 3 is 2.91 bits per heavy atom. The second-order valence-corrected chi connectivity index (χ2v) is 4.12. The summed E-state index contributed by atoms with van der Waals surface area (Å²) in [5.74, 6) is 0. The molecule has 1 heterocycles. The summed E-state index contributed by atoms with van der Waals surface area (Å²) in [5.41, 5.74) is 3.03. The Labute approximate surface area is 77.3 Å².